The van der Waals surface area contributed by atoms with E-state index in [1.807, 2.05) is 13.8 Å². The van der Waals surface area contributed by atoms with Crippen molar-refractivity contribution in [3.63, 3.8) is 0 Å². The van der Waals surface area contributed by atoms with Crippen LogP contribution in [0.1, 0.15) is 13.8 Å². The van der Waals surface area contributed by atoms with Crippen molar-refractivity contribution in [2.24, 2.45) is 10.9 Å². The highest BCUT2D eigenvalue weighted by Crippen LogP contribution is 2.08. The van der Waals surface area contributed by atoms with E-state index in [1.54, 1.807) is 11.8 Å². The normalized spacial score (nSPS) is 15.8. The highest BCUT2D eigenvalue weighted by molar-refractivity contribution is 8.14. The van der Waals surface area contributed by atoms with E-state index in [9.17, 15) is 4.79 Å². The van der Waals surface area contributed by atoms with E-state index in [4.69, 9.17) is 4.74 Å². The first-order chi connectivity index (χ1) is 6.18. The van der Waals surface area contributed by atoms with Crippen molar-refractivity contribution in [1.29, 1.82) is 0 Å². The molecule has 1 rings (SSSR count). The molecule has 1 aliphatic heterocycles. The van der Waals surface area contributed by atoms with Crippen molar-refractivity contribution in [1.82, 2.24) is 5.32 Å². The molecule has 0 aliphatic carbocycles. The van der Waals surface area contributed by atoms with Crippen molar-refractivity contribution < 1.29 is 9.53 Å². The van der Waals surface area contributed by atoms with Gasteiger partial charge >= 0.3 is 6.09 Å². The van der Waals surface area contributed by atoms with Crippen molar-refractivity contribution in [3.05, 3.63) is 0 Å². The number of carbonyl (C=O) groups is 1. The van der Waals surface area contributed by atoms with Crippen LogP contribution in [0, 0.1) is 5.92 Å². The summed E-state index contributed by atoms with van der Waals surface area (Å²) in [5.41, 5.74) is 0. The van der Waals surface area contributed by atoms with Crippen LogP contribution in [-0.2, 0) is 4.74 Å². The van der Waals surface area contributed by atoms with Crippen LogP contribution in [-0.4, -0.2) is 30.2 Å². The molecule has 1 aliphatic rings. The Bertz CT molecular complexity index is 216. The average molecular weight is 202 g/mol. The van der Waals surface area contributed by atoms with Gasteiger partial charge in [0.15, 0.2) is 5.17 Å². The first-order valence-electron chi connectivity index (χ1n) is 4.29. The van der Waals surface area contributed by atoms with Crippen molar-refractivity contribution in [2.45, 2.75) is 13.8 Å². The fourth-order valence-electron chi connectivity index (χ4n) is 0.777. The Labute approximate surface area is 82.1 Å². The van der Waals surface area contributed by atoms with Crippen molar-refractivity contribution in [2.75, 3.05) is 18.9 Å². The van der Waals surface area contributed by atoms with Gasteiger partial charge in [-0.25, -0.2) is 4.79 Å². The molecule has 0 atom stereocenters. The summed E-state index contributed by atoms with van der Waals surface area (Å²) in [5, 5.41) is 3.26. The Hall–Kier alpha value is -0.710. The van der Waals surface area contributed by atoms with E-state index in [1.165, 1.54) is 0 Å². The van der Waals surface area contributed by atoms with Gasteiger partial charge in [0.2, 0.25) is 0 Å². The Morgan fingerprint density at radius 2 is 2.54 bits per heavy atom. The zero-order valence-electron chi connectivity index (χ0n) is 7.87. The topological polar surface area (TPSA) is 50.7 Å². The van der Waals surface area contributed by atoms with Crippen molar-refractivity contribution >= 4 is 23.0 Å². The van der Waals surface area contributed by atoms with Crippen LogP contribution in [0.3, 0.4) is 0 Å². The number of nitrogens with zero attached hydrogens (tertiary/aromatic N) is 1. The highest BCUT2D eigenvalue weighted by atomic mass is 32.2. The Morgan fingerprint density at radius 1 is 1.77 bits per heavy atom. The minimum atomic E-state index is -0.401. The second-order valence-corrected chi connectivity index (χ2v) is 4.24. The molecule has 0 aromatic carbocycles. The Balaban J connectivity index is 2.17. The molecule has 5 heteroatoms. The SMILES string of the molecule is CC(C)COC(=O)NC1=NCCS1. The fourth-order valence-corrected chi connectivity index (χ4v) is 1.49. The van der Waals surface area contributed by atoms with Crippen LogP contribution in [0.4, 0.5) is 4.79 Å². The van der Waals surface area contributed by atoms with Crippen LogP contribution < -0.4 is 5.32 Å². The minimum absolute atomic E-state index is 0.365. The van der Waals surface area contributed by atoms with E-state index in [0.717, 1.165) is 12.3 Å². The number of nitrogens with one attached hydrogen (secondary N) is 1. The predicted octanol–water partition coefficient (Wildman–Crippen LogP) is 1.47. The third-order valence-corrected chi connectivity index (χ3v) is 2.23. The lowest BCUT2D eigenvalue weighted by atomic mass is 10.2. The van der Waals surface area contributed by atoms with E-state index in [2.05, 4.69) is 10.3 Å². The van der Waals surface area contributed by atoms with Gasteiger partial charge in [0.1, 0.15) is 0 Å². The number of hydrogen-bond donors (Lipinski definition) is 1. The molecular formula is C8H14N2O2S. The third-order valence-electron chi connectivity index (χ3n) is 1.34. The van der Waals surface area contributed by atoms with Crippen molar-refractivity contribution in [3.8, 4) is 0 Å². The lowest BCUT2D eigenvalue weighted by Gasteiger charge is -2.07. The van der Waals surface area contributed by atoms with Gasteiger partial charge in [-0.05, 0) is 5.92 Å². The molecule has 0 aromatic rings. The number of ether oxygens (including phenoxy) is 1. The van der Waals surface area contributed by atoms with E-state index < -0.39 is 6.09 Å². The summed E-state index contributed by atoms with van der Waals surface area (Å²) in [6, 6.07) is 0. The standard InChI is InChI=1S/C8H14N2O2S/c1-6(2)5-12-8(11)10-7-9-3-4-13-7/h6H,3-5H2,1-2H3,(H,9,10,11). The zero-order valence-corrected chi connectivity index (χ0v) is 8.69. The zero-order chi connectivity index (χ0) is 9.68. The molecule has 0 saturated heterocycles. The maximum atomic E-state index is 11.1. The monoisotopic (exact) mass is 202 g/mol. The van der Waals surface area contributed by atoms with Gasteiger partial charge in [-0.15, -0.1) is 0 Å². The molecule has 1 heterocycles. The van der Waals surface area contributed by atoms with Crippen LogP contribution in [0.15, 0.2) is 4.99 Å². The number of amidine groups is 1. The smallest absolute Gasteiger partial charge is 0.413 e. The molecule has 0 unspecified atom stereocenters. The predicted molar refractivity (Wildman–Crippen MR) is 54.1 cm³/mol. The number of hydrogen-bond acceptors (Lipinski definition) is 4. The molecule has 0 aromatic heterocycles. The molecule has 0 spiro atoms. The quantitative estimate of drug-likeness (QED) is 0.737. The summed E-state index contributed by atoms with van der Waals surface area (Å²) in [7, 11) is 0. The molecule has 0 radical (unpaired) electrons. The van der Waals surface area contributed by atoms with E-state index in [0.29, 0.717) is 17.7 Å². The number of carbonyl (C=O) groups excluding carboxylic acids is 1. The van der Waals surface area contributed by atoms with Gasteiger partial charge in [0, 0.05) is 5.75 Å². The fraction of sp³-hybridized carbons (Fsp3) is 0.750. The van der Waals surface area contributed by atoms with Crippen LogP contribution in [0.2, 0.25) is 0 Å². The van der Waals surface area contributed by atoms with E-state index in [-0.39, 0.29) is 0 Å². The second-order valence-electron chi connectivity index (χ2n) is 3.15. The van der Waals surface area contributed by atoms with Gasteiger partial charge < -0.3 is 4.74 Å². The van der Waals surface area contributed by atoms with Gasteiger partial charge in [-0.1, -0.05) is 25.6 Å². The molecule has 1 N–H and O–H groups in total. The van der Waals surface area contributed by atoms with E-state index >= 15 is 0 Å². The maximum absolute atomic E-state index is 11.1. The highest BCUT2D eigenvalue weighted by Gasteiger charge is 2.11. The molecule has 0 fully saturated rings. The molecule has 74 valence electrons. The van der Waals surface area contributed by atoms with Crippen LogP contribution >= 0.6 is 11.8 Å². The Kier molecular flexibility index (Phi) is 4.08. The lowest BCUT2D eigenvalue weighted by Crippen LogP contribution is -2.29. The number of rotatable bonds is 2. The second kappa shape index (κ2) is 5.11. The van der Waals surface area contributed by atoms with Gasteiger partial charge in [-0.3, -0.25) is 10.3 Å². The maximum Gasteiger partial charge on any atom is 0.413 e. The Morgan fingerprint density at radius 3 is 3.08 bits per heavy atom. The molecule has 4 nitrogen and oxygen atoms in total. The number of thioether (sulfide) groups is 1. The summed E-state index contributed by atoms with van der Waals surface area (Å²) < 4.78 is 4.92. The minimum Gasteiger partial charge on any atom is -0.449 e. The average Bonchev–Trinajstić information content (AvgIpc) is 2.53. The van der Waals surface area contributed by atoms with Crippen LogP contribution in [0.5, 0.6) is 0 Å². The summed E-state index contributed by atoms with van der Waals surface area (Å²) in [6.45, 7) is 5.22. The summed E-state index contributed by atoms with van der Waals surface area (Å²) in [5.74, 6) is 1.31. The molecule has 1 amide bonds. The molecule has 0 saturated carbocycles. The largest absolute Gasteiger partial charge is 0.449 e. The summed E-state index contributed by atoms with van der Waals surface area (Å²) >= 11 is 1.54. The number of alkyl carbamates (subject to hydrolysis) is 1. The van der Waals surface area contributed by atoms with Crippen LogP contribution in [0.25, 0.3) is 0 Å². The number of aliphatic imine (C=N–C) groups is 1. The summed E-state index contributed by atoms with van der Waals surface area (Å²) in [6.07, 6.45) is -0.401. The van der Waals surface area contributed by atoms with Gasteiger partial charge in [0.05, 0.1) is 13.2 Å². The molecule has 13 heavy (non-hydrogen) atoms. The first-order valence-corrected chi connectivity index (χ1v) is 5.28. The first kappa shape index (κ1) is 10.4. The summed E-state index contributed by atoms with van der Waals surface area (Å²) in [4.78, 5) is 15.1. The van der Waals surface area contributed by atoms with Gasteiger partial charge in [0.25, 0.3) is 0 Å². The third kappa shape index (κ3) is 4.17. The van der Waals surface area contributed by atoms with Gasteiger partial charge in [-0.2, -0.15) is 0 Å². The lowest BCUT2D eigenvalue weighted by molar-refractivity contribution is 0.138. The molecular weight excluding hydrogens is 188 g/mol. The molecule has 0 bridgehead atoms. The number of amides is 1.